The van der Waals surface area contributed by atoms with Gasteiger partial charge in [0.1, 0.15) is 12.1 Å². The van der Waals surface area contributed by atoms with Crippen LogP contribution in [0.25, 0.3) is 0 Å². The van der Waals surface area contributed by atoms with E-state index < -0.39 is 35.2 Å². The average molecular weight is 488 g/mol. The zero-order valence-electron chi connectivity index (χ0n) is 19.6. The van der Waals surface area contributed by atoms with Crippen molar-refractivity contribution in [3.8, 4) is 0 Å². The fraction of sp³-hybridized carbons (Fsp3) is 0.308. The molecule has 0 radical (unpaired) electrons. The second-order valence-corrected chi connectivity index (χ2v) is 9.13. The molecule has 2 aromatic heterocycles. The predicted octanol–water partition coefficient (Wildman–Crippen LogP) is 2.22. The number of hydrogen-bond donors (Lipinski definition) is 1. The number of aromatic nitrogens is 5. The first-order valence-corrected chi connectivity index (χ1v) is 11.7. The topological polar surface area (TPSA) is 113 Å². The standard InChI is InChI=1S/C26H25N5O5/c1-17-13-30(25(33)28-23(17)32)24-21-22(35-15-19-10-6-3-7-11-19)26(36-24,20-12-27-29-31(20)21)16-34-14-18-8-4-2-5-9-18/h2-13,21-22,24H,14-16H2,1H3,(H,28,32,33)/t21-,22+,24-,26+/m1/s1. The van der Waals surface area contributed by atoms with E-state index in [1.54, 1.807) is 17.8 Å². The van der Waals surface area contributed by atoms with E-state index >= 15 is 0 Å². The molecule has 4 atom stereocenters. The molecule has 184 valence electrons. The van der Waals surface area contributed by atoms with Gasteiger partial charge in [0.15, 0.2) is 11.8 Å². The Morgan fingerprint density at radius 3 is 2.44 bits per heavy atom. The van der Waals surface area contributed by atoms with E-state index in [1.165, 1.54) is 10.8 Å². The second kappa shape index (κ2) is 8.98. The van der Waals surface area contributed by atoms with Gasteiger partial charge in [0, 0.05) is 11.8 Å². The van der Waals surface area contributed by atoms with Crippen LogP contribution >= 0.6 is 0 Å². The monoisotopic (exact) mass is 487 g/mol. The van der Waals surface area contributed by atoms with Gasteiger partial charge in [-0.25, -0.2) is 9.48 Å². The number of benzene rings is 2. The average Bonchev–Trinajstić information content (AvgIpc) is 3.56. The highest BCUT2D eigenvalue weighted by Crippen LogP contribution is 2.56. The summed E-state index contributed by atoms with van der Waals surface area (Å²) < 4.78 is 22.4. The third-order valence-corrected chi connectivity index (χ3v) is 6.80. The van der Waals surface area contributed by atoms with E-state index in [0.29, 0.717) is 18.8 Å². The van der Waals surface area contributed by atoms with Crippen LogP contribution in [0.5, 0.6) is 0 Å². The highest BCUT2D eigenvalue weighted by atomic mass is 16.6. The molecule has 4 heterocycles. The van der Waals surface area contributed by atoms with Gasteiger partial charge < -0.3 is 14.2 Å². The maximum absolute atomic E-state index is 12.8. The van der Waals surface area contributed by atoms with E-state index in [2.05, 4.69) is 15.3 Å². The number of fused-ring (bicyclic) bond motifs is 5. The molecule has 1 saturated heterocycles. The molecule has 1 fully saturated rings. The summed E-state index contributed by atoms with van der Waals surface area (Å²) in [7, 11) is 0. The van der Waals surface area contributed by atoms with Crippen molar-refractivity contribution in [3.63, 3.8) is 0 Å². The first-order chi connectivity index (χ1) is 17.6. The van der Waals surface area contributed by atoms with E-state index in [0.717, 1.165) is 16.8 Å². The van der Waals surface area contributed by atoms with Gasteiger partial charge >= 0.3 is 5.69 Å². The molecule has 0 saturated carbocycles. The maximum Gasteiger partial charge on any atom is 0.330 e. The van der Waals surface area contributed by atoms with Crippen molar-refractivity contribution in [2.24, 2.45) is 0 Å². The van der Waals surface area contributed by atoms with Crippen molar-refractivity contribution in [2.75, 3.05) is 6.61 Å². The second-order valence-electron chi connectivity index (χ2n) is 9.13. The molecular formula is C26H25N5O5. The minimum absolute atomic E-state index is 0.165. The van der Waals surface area contributed by atoms with Crippen LogP contribution in [-0.2, 0) is 33.0 Å². The number of rotatable bonds is 8. The van der Waals surface area contributed by atoms with Gasteiger partial charge in [-0.05, 0) is 18.1 Å². The number of H-pyrrole nitrogens is 1. The molecule has 2 aliphatic rings. The van der Waals surface area contributed by atoms with Crippen molar-refractivity contribution >= 4 is 0 Å². The van der Waals surface area contributed by atoms with Crippen LogP contribution in [0, 0.1) is 6.92 Å². The Hall–Kier alpha value is -3.86. The Kier molecular flexibility index (Phi) is 5.63. The first-order valence-electron chi connectivity index (χ1n) is 11.7. The smallest absolute Gasteiger partial charge is 0.330 e. The summed E-state index contributed by atoms with van der Waals surface area (Å²) in [5.74, 6) is 0. The summed E-state index contributed by atoms with van der Waals surface area (Å²) in [6.45, 7) is 2.53. The molecule has 2 aromatic carbocycles. The van der Waals surface area contributed by atoms with Crippen molar-refractivity contribution in [1.29, 1.82) is 0 Å². The molecule has 0 spiro atoms. The van der Waals surface area contributed by atoms with Crippen LogP contribution in [0.3, 0.4) is 0 Å². The summed E-state index contributed by atoms with van der Waals surface area (Å²) in [5.41, 5.74) is 1.12. The lowest BCUT2D eigenvalue weighted by molar-refractivity contribution is -0.167. The number of hydrogen-bond acceptors (Lipinski definition) is 7. The molecule has 10 heteroatoms. The molecule has 6 rings (SSSR count). The molecular weight excluding hydrogens is 462 g/mol. The quantitative estimate of drug-likeness (QED) is 0.405. The Bertz CT molecular complexity index is 1480. The van der Waals surface area contributed by atoms with Gasteiger partial charge in [0.05, 0.1) is 31.7 Å². The maximum atomic E-state index is 12.8. The van der Waals surface area contributed by atoms with E-state index in [1.807, 2.05) is 60.7 Å². The lowest BCUT2D eigenvalue weighted by Gasteiger charge is -2.32. The summed E-state index contributed by atoms with van der Waals surface area (Å²) >= 11 is 0. The van der Waals surface area contributed by atoms with Gasteiger partial charge in [-0.2, -0.15) is 0 Å². The van der Waals surface area contributed by atoms with Crippen LogP contribution in [-0.4, -0.2) is 37.3 Å². The van der Waals surface area contributed by atoms with Crippen LogP contribution in [0.15, 0.2) is 82.6 Å². The van der Waals surface area contributed by atoms with Crippen molar-refractivity contribution < 1.29 is 14.2 Å². The van der Waals surface area contributed by atoms with E-state index in [4.69, 9.17) is 14.2 Å². The Morgan fingerprint density at radius 2 is 1.72 bits per heavy atom. The molecule has 1 N–H and O–H groups in total. The first kappa shape index (κ1) is 22.6. The third-order valence-electron chi connectivity index (χ3n) is 6.80. The van der Waals surface area contributed by atoms with Gasteiger partial charge in [-0.15, -0.1) is 5.10 Å². The molecule has 0 amide bonds. The van der Waals surface area contributed by atoms with Crippen molar-refractivity contribution in [2.45, 2.75) is 44.1 Å². The highest BCUT2D eigenvalue weighted by molar-refractivity contribution is 5.26. The number of aromatic amines is 1. The molecule has 4 aromatic rings. The fourth-order valence-corrected chi connectivity index (χ4v) is 5.07. The number of ether oxygens (including phenoxy) is 3. The molecule has 36 heavy (non-hydrogen) atoms. The normalized spacial score (nSPS) is 24.2. The van der Waals surface area contributed by atoms with Gasteiger partial charge in [0.25, 0.3) is 5.56 Å². The minimum Gasteiger partial charge on any atom is -0.373 e. The number of nitrogens with zero attached hydrogens (tertiary/aromatic N) is 4. The summed E-state index contributed by atoms with van der Waals surface area (Å²) in [5, 5.41) is 8.41. The Balaban J connectivity index is 1.37. The molecule has 0 aliphatic carbocycles. The minimum atomic E-state index is -1.05. The fourth-order valence-electron chi connectivity index (χ4n) is 5.07. The largest absolute Gasteiger partial charge is 0.373 e. The zero-order chi connectivity index (χ0) is 24.7. The summed E-state index contributed by atoms with van der Waals surface area (Å²) in [6, 6.07) is 19.2. The van der Waals surface area contributed by atoms with Gasteiger partial charge in [0.2, 0.25) is 0 Å². The SMILES string of the molecule is Cc1cn([C@@H]2O[C@@]3(COCc4ccccc4)c4cnnn4[C@@H]2[C@@H]3OCc2ccccc2)c(=O)[nH]c1=O. The van der Waals surface area contributed by atoms with Gasteiger partial charge in [-0.1, -0.05) is 65.9 Å². The van der Waals surface area contributed by atoms with Crippen LogP contribution in [0.1, 0.15) is 34.7 Å². The number of aryl methyl sites for hydroxylation is 1. The highest BCUT2D eigenvalue weighted by Gasteiger charge is 2.66. The zero-order valence-corrected chi connectivity index (χ0v) is 19.6. The third kappa shape index (κ3) is 3.70. The molecule has 2 aliphatic heterocycles. The lowest BCUT2D eigenvalue weighted by Crippen LogP contribution is -2.42. The lowest BCUT2D eigenvalue weighted by atomic mass is 9.96. The summed E-state index contributed by atoms with van der Waals surface area (Å²) in [6.07, 6.45) is 1.88. The Labute approximate surface area is 206 Å². The summed E-state index contributed by atoms with van der Waals surface area (Å²) in [4.78, 5) is 27.2. The molecule has 2 bridgehead atoms. The van der Waals surface area contributed by atoms with Crippen LogP contribution in [0.2, 0.25) is 0 Å². The van der Waals surface area contributed by atoms with Crippen molar-refractivity contribution in [3.05, 3.63) is 116 Å². The number of nitrogens with one attached hydrogen (secondary N) is 1. The van der Waals surface area contributed by atoms with Gasteiger partial charge in [-0.3, -0.25) is 14.3 Å². The Morgan fingerprint density at radius 1 is 1.03 bits per heavy atom. The van der Waals surface area contributed by atoms with Crippen LogP contribution < -0.4 is 11.2 Å². The van der Waals surface area contributed by atoms with Crippen molar-refractivity contribution in [1.82, 2.24) is 24.5 Å². The van der Waals surface area contributed by atoms with E-state index in [-0.39, 0.29) is 6.61 Å². The molecule has 0 unspecified atom stereocenters. The molecule has 10 nitrogen and oxygen atoms in total. The van der Waals surface area contributed by atoms with E-state index in [9.17, 15) is 9.59 Å². The predicted molar refractivity (Wildman–Crippen MR) is 128 cm³/mol. The van der Waals surface area contributed by atoms with Crippen LogP contribution in [0.4, 0.5) is 0 Å².